The van der Waals surface area contributed by atoms with Crippen LogP contribution < -0.4 is 10.2 Å². The Morgan fingerprint density at radius 1 is 1.50 bits per heavy atom. The fourth-order valence-electron chi connectivity index (χ4n) is 1.33. The number of aliphatic hydroxyl groups excluding tert-OH is 1. The lowest BCUT2D eigenvalue weighted by atomic mass is 10.2. The van der Waals surface area contributed by atoms with Crippen molar-refractivity contribution in [3.05, 3.63) is 29.6 Å². The van der Waals surface area contributed by atoms with Gasteiger partial charge in [0.2, 0.25) is 5.91 Å². The maximum Gasteiger partial charge on any atom is 0.239 e. The van der Waals surface area contributed by atoms with Crippen LogP contribution in [0.4, 0.5) is 10.1 Å². The van der Waals surface area contributed by atoms with Gasteiger partial charge in [0, 0.05) is 19.8 Å². The Labute approximate surface area is 93.7 Å². The van der Waals surface area contributed by atoms with Crippen LogP contribution in [-0.4, -0.2) is 31.7 Å². The van der Waals surface area contributed by atoms with Gasteiger partial charge in [-0.05, 0) is 23.8 Å². The number of rotatable bonds is 4. The molecule has 0 aliphatic rings. The average Bonchev–Trinajstić information content (AvgIpc) is 2.27. The minimum Gasteiger partial charge on any atom is -0.392 e. The van der Waals surface area contributed by atoms with Gasteiger partial charge in [-0.1, -0.05) is 0 Å². The third-order valence-corrected chi connectivity index (χ3v) is 2.23. The van der Waals surface area contributed by atoms with Crippen LogP contribution in [0.15, 0.2) is 18.2 Å². The van der Waals surface area contributed by atoms with Gasteiger partial charge < -0.3 is 15.3 Å². The standard InChI is InChI=1S/C11H15FN2O2/c1-13-11(16)6-14(2)10-4-8(7-15)3-9(12)5-10/h3-5,15H,6-7H2,1-2H3,(H,13,16). The second-order valence-electron chi connectivity index (χ2n) is 3.51. The molecule has 0 spiro atoms. The van der Waals surface area contributed by atoms with Crippen LogP contribution in [0.25, 0.3) is 0 Å². The van der Waals surface area contributed by atoms with Crippen molar-refractivity contribution in [2.45, 2.75) is 6.61 Å². The van der Waals surface area contributed by atoms with Crippen molar-refractivity contribution in [3.63, 3.8) is 0 Å². The van der Waals surface area contributed by atoms with Crippen molar-refractivity contribution in [3.8, 4) is 0 Å². The van der Waals surface area contributed by atoms with Gasteiger partial charge in [0.05, 0.1) is 13.2 Å². The quantitative estimate of drug-likeness (QED) is 0.786. The fourth-order valence-corrected chi connectivity index (χ4v) is 1.33. The molecule has 0 atom stereocenters. The largest absolute Gasteiger partial charge is 0.392 e. The smallest absolute Gasteiger partial charge is 0.239 e. The maximum absolute atomic E-state index is 13.2. The number of nitrogens with one attached hydrogen (secondary N) is 1. The first kappa shape index (κ1) is 12.4. The van der Waals surface area contributed by atoms with Crippen LogP contribution in [0.2, 0.25) is 0 Å². The van der Waals surface area contributed by atoms with Crippen LogP contribution in [0.1, 0.15) is 5.56 Å². The molecule has 0 unspecified atom stereocenters. The molecule has 1 aromatic carbocycles. The Bertz CT molecular complexity index is 382. The van der Waals surface area contributed by atoms with E-state index >= 15 is 0 Å². The second kappa shape index (κ2) is 5.46. The predicted molar refractivity (Wildman–Crippen MR) is 59.7 cm³/mol. The summed E-state index contributed by atoms with van der Waals surface area (Å²) in [4.78, 5) is 12.8. The summed E-state index contributed by atoms with van der Waals surface area (Å²) in [7, 11) is 3.23. The van der Waals surface area contributed by atoms with E-state index in [4.69, 9.17) is 5.11 Å². The highest BCUT2D eigenvalue weighted by atomic mass is 19.1. The summed E-state index contributed by atoms with van der Waals surface area (Å²) in [6.07, 6.45) is 0. The molecule has 0 heterocycles. The van der Waals surface area contributed by atoms with Gasteiger partial charge in [-0.25, -0.2) is 4.39 Å². The van der Waals surface area contributed by atoms with Crippen molar-refractivity contribution < 1.29 is 14.3 Å². The number of benzene rings is 1. The van der Waals surface area contributed by atoms with Gasteiger partial charge in [0.15, 0.2) is 0 Å². The van der Waals surface area contributed by atoms with E-state index in [1.807, 2.05) is 0 Å². The lowest BCUT2D eigenvalue weighted by Gasteiger charge is -2.18. The molecule has 0 fully saturated rings. The summed E-state index contributed by atoms with van der Waals surface area (Å²) in [5.41, 5.74) is 1.05. The minimum absolute atomic E-state index is 0.144. The molecule has 0 radical (unpaired) electrons. The Morgan fingerprint density at radius 3 is 2.75 bits per heavy atom. The zero-order chi connectivity index (χ0) is 12.1. The van der Waals surface area contributed by atoms with Crippen molar-refractivity contribution in [1.29, 1.82) is 0 Å². The molecule has 0 aliphatic heterocycles. The van der Waals surface area contributed by atoms with Crippen LogP contribution in [0.5, 0.6) is 0 Å². The van der Waals surface area contributed by atoms with E-state index in [2.05, 4.69) is 5.32 Å². The van der Waals surface area contributed by atoms with E-state index in [0.717, 1.165) is 0 Å². The maximum atomic E-state index is 13.2. The summed E-state index contributed by atoms with van der Waals surface area (Å²) < 4.78 is 13.2. The number of hydrogen-bond acceptors (Lipinski definition) is 3. The zero-order valence-electron chi connectivity index (χ0n) is 9.33. The summed E-state index contributed by atoms with van der Waals surface area (Å²) in [6.45, 7) is -0.0800. The number of likely N-dealkylation sites (N-methyl/N-ethyl adjacent to an activating group) is 2. The molecule has 0 saturated carbocycles. The SMILES string of the molecule is CNC(=O)CN(C)c1cc(F)cc(CO)c1. The van der Waals surface area contributed by atoms with Crippen LogP contribution in [-0.2, 0) is 11.4 Å². The van der Waals surface area contributed by atoms with E-state index in [1.165, 1.54) is 12.1 Å². The summed E-state index contributed by atoms with van der Waals surface area (Å²) in [5, 5.41) is 11.4. The highest BCUT2D eigenvalue weighted by molar-refractivity contribution is 5.80. The molecule has 16 heavy (non-hydrogen) atoms. The van der Waals surface area contributed by atoms with Crippen molar-refractivity contribution in [2.24, 2.45) is 0 Å². The fraction of sp³-hybridized carbons (Fsp3) is 0.364. The number of carbonyl (C=O) groups is 1. The number of hydrogen-bond donors (Lipinski definition) is 2. The molecule has 0 bridgehead atoms. The molecular formula is C11H15FN2O2. The number of amides is 1. The molecule has 5 heteroatoms. The van der Waals surface area contributed by atoms with Gasteiger partial charge in [0.1, 0.15) is 5.82 Å². The summed E-state index contributed by atoms with van der Waals surface area (Å²) in [6, 6.07) is 4.23. The lowest BCUT2D eigenvalue weighted by molar-refractivity contribution is -0.119. The Kier molecular flexibility index (Phi) is 4.25. The van der Waals surface area contributed by atoms with E-state index in [9.17, 15) is 9.18 Å². The zero-order valence-corrected chi connectivity index (χ0v) is 9.33. The summed E-state index contributed by atoms with van der Waals surface area (Å²) >= 11 is 0. The number of aliphatic hydroxyl groups is 1. The van der Waals surface area contributed by atoms with E-state index < -0.39 is 5.82 Å². The van der Waals surface area contributed by atoms with Crippen molar-refractivity contribution in [1.82, 2.24) is 5.32 Å². The third-order valence-electron chi connectivity index (χ3n) is 2.23. The van der Waals surface area contributed by atoms with Gasteiger partial charge in [-0.15, -0.1) is 0 Å². The van der Waals surface area contributed by atoms with Gasteiger partial charge in [-0.2, -0.15) is 0 Å². The average molecular weight is 226 g/mol. The normalized spacial score (nSPS) is 10.0. The first-order valence-electron chi connectivity index (χ1n) is 4.89. The topological polar surface area (TPSA) is 52.6 Å². The van der Waals surface area contributed by atoms with Gasteiger partial charge >= 0.3 is 0 Å². The molecule has 0 aliphatic carbocycles. The molecule has 1 rings (SSSR count). The van der Waals surface area contributed by atoms with E-state index in [0.29, 0.717) is 11.3 Å². The number of nitrogens with zero attached hydrogens (tertiary/aromatic N) is 1. The van der Waals surface area contributed by atoms with E-state index in [-0.39, 0.29) is 19.1 Å². The van der Waals surface area contributed by atoms with Crippen molar-refractivity contribution >= 4 is 11.6 Å². The van der Waals surface area contributed by atoms with Gasteiger partial charge in [-0.3, -0.25) is 4.79 Å². The Balaban J connectivity index is 2.86. The lowest BCUT2D eigenvalue weighted by Crippen LogP contribution is -2.33. The number of halogens is 1. The molecular weight excluding hydrogens is 211 g/mol. The molecule has 0 aromatic heterocycles. The first-order valence-corrected chi connectivity index (χ1v) is 4.89. The van der Waals surface area contributed by atoms with Crippen LogP contribution in [0, 0.1) is 5.82 Å². The van der Waals surface area contributed by atoms with Gasteiger partial charge in [0.25, 0.3) is 0 Å². The minimum atomic E-state index is -0.426. The molecule has 0 saturated heterocycles. The molecule has 1 aromatic rings. The van der Waals surface area contributed by atoms with Crippen molar-refractivity contribution in [2.75, 3.05) is 25.5 Å². The Hall–Kier alpha value is -1.62. The number of anilines is 1. The monoisotopic (exact) mass is 226 g/mol. The summed E-state index contributed by atoms with van der Waals surface area (Å²) in [5.74, 6) is -0.581. The molecule has 4 nitrogen and oxygen atoms in total. The van der Waals surface area contributed by atoms with Crippen LogP contribution in [0.3, 0.4) is 0 Å². The third kappa shape index (κ3) is 3.20. The molecule has 2 N–H and O–H groups in total. The highest BCUT2D eigenvalue weighted by Gasteiger charge is 2.08. The molecule has 1 amide bonds. The second-order valence-corrected chi connectivity index (χ2v) is 3.51. The highest BCUT2D eigenvalue weighted by Crippen LogP contribution is 2.17. The predicted octanol–water partition coefficient (Wildman–Crippen LogP) is 0.500. The van der Waals surface area contributed by atoms with E-state index in [1.54, 1.807) is 25.1 Å². The number of carbonyl (C=O) groups excluding carboxylic acids is 1. The first-order chi connectivity index (χ1) is 7.56. The molecule has 88 valence electrons. The Morgan fingerprint density at radius 2 is 2.19 bits per heavy atom. The van der Waals surface area contributed by atoms with Crippen LogP contribution >= 0.6 is 0 Å².